The third-order valence-electron chi connectivity index (χ3n) is 6.59. The van der Waals surface area contributed by atoms with Gasteiger partial charge in [-0.05, 0) is 67.0 Å². The molecule has 1 aliphatic carbocycles. The number of carbonyl (C=O) groups is 2. The maximum absolute atomic E-state index is 14.1. The van der Waals surface area contributed by atoms with Gasteiger partial charge in [0.1, 0.15) is 11.7 Å². The summed E-state index contributed by atoms with van der Waals surface area (Å²) in [5.41, 5.74) is 1.55. The SMILES string of the molecule is CCC1CCC(SCc2ccc(OC)cc2)(C(=O)C(C(=O)OC)c2ccc(Cl)cc2Cl)CC1. The molecule has 0 aromatic heterocycles. The number of halogens is 2. The number of methoxy groups -OCH3 is 2. The highest BCUT2D eigenvalue weighted by Gasteiger charge is 2.48. The van der Waals surface area contributed by atoms with Gasteiger partial charge in [-0.1, -0.05) is 54.7 Å². The molecule has 1 saturated carbocycles. The van der Waals surface area contributed by atoms with E-state index in [1.807, 2.05) is 24.3 Å². The smallest absolute Gasteiger partial charge is 0.320 e. The largest absolute Gasteiger partial charge is 0.497 e. The average Bonchev–Trinajstić information content (AvgIpc) is 2.84. The van der Waals surface area contributed by atoms with Crippen LogP contribution >= 0.6 is 35.0 Å². The van der Waals surface area contributed by atoms with E-state index in [0.29, 0.717) is 27.3 Å². The number of carbonyl (C=O) groups excluding carboxylic acids is 2. The zero-order valence-electron chi connectivity index (χ0n) is 19.2. The fraction of sp³-hybridized carbons (Fsp3) is 0.462. The Hall–Kier alpha value is -1.69. The van der Waals surface area contributed by atoms with Crippen molar-refractivity contribution in [2.75, 3.05) is 14.2 Å². The molecule has 2 aromatic rings. The van der Waals surface area contributed by atoms with E-state index in [1.165, 1.54) is 7.11 Å². The van der Waals surface area contributed by atoms with E-state index in [4.69, 9.17) is 32.7 Å². The number of ether oxygens (including phenoxy) is 2. The zero-order chi connectivity index (χ0) is 24.0. The van der Waals surface area contributed by atoms with Crippen LogP contribution in [0.1, 0.15) is 56.1 Å². The third-order valence-corrected chi connectivity index (χ3v) is 8.79. The molecule has 0 saturated heterocycles. The van der Waals surface area contributed by atoms with Crippen molar-refractivity contribution >= 4 is 46.7 Å². The van der Waals surface area contributed by atoms with Gasteiger partial charge in [-0.25, -0.2) is 0 Å². The van der Waals surface area contributed by atoms with E-state index in [0.717, 1.165) is 43.4 Å². The van der Waals surface area contributed by atoms with E-state index in [-0.39, 0.29) is 5.78 Å². The molecule has 1 aliphatic rings. The number of benzene rings is 2. The fourth-order valence-corrected chi connectivity index (χ4v) is 6.39. The van der Waals surface area contributed by atoms with E-state index in [1.54, 1.807) is 37.1 Å². The molecule has 178 valence electrons. The van der Waals surface area contributed by atoms with E-state index < -0.39 is 16.6 Å². The van der Waals surface area contributed by atoms with Gasteiger partial charge < -0.3 is 9.47 Å². The lowest BCUT2D eigenvalue weighted by Gasteiger charge is -2.40. The quantitative estimate of drug-likeness (QED) is 0.267. The van der Waals surface area contributed by atoms with Gasteiger partial charge in [-0.3, -0.25) is 9.59 Å². The van der Waals surface area contributed by atoms with Crippen molar-refractivity contribution in [3.63, 3.8) is 0 Å². The topological polar surface area (TPSA) is 52.6 Å². The highest BCUT2D eigenvalue weighted by Crippen LogP contribution is 2.48. The minimum absolute atomic E-state index is 0.133. The van der Waals surface area contributed by atoms with Crippen molar-refractivity contribution in [1.29, 1.82) is 0 Å². The first kappa shape index (κ1) is 25.9. The number of hydrogen-bond donors (Lipinski definition) is 0. The molecule has 0 aliphatic heterocycles. The van der Waals surface area contributed by atoms with Crippen LogP contribution in [0.25, 0.3) is 0 Å². The minimum atomic E-state index is -1.08. The summed E-state index contributed by atoms with van der Waals surface area (Å²) in [5, 5.41) is 0.746. The predicted molar refractivity (Wildman–Crippen MR) is 135 cm³/mol. The molecule has 1 unspecified atom stereocenters. The number of ketones is 1. The Morgan fingerprint density at radius 2 is 1.76 bits per heavy atom. The summed E-state index contributed by atoms with van der Waals surface area (Å²) in [6.07, 6.45) is 4.46. The lowest BCUT2D eigenvalue weighted by Crippen LogP contribution is -2.44. The highest BCUT2D eigenvalue weighted by molar-refractivity contribution is 8.00. The lowest BCUT2D eigenvalue weighted by molar-refractivity contribution is -0.146. The number of hydrogen-bond acceptors (Lipinski definition) is 5. The Bertz CT molecular complexity index is 969. The summed E-state index contributed by atoms with van der Waals surface area (Å²) in [7, 11) is 2.94. The van der Waals surface area contributed by atoms with Gasteiger partial charge in [0.05, 0.1) is 19.0 Å². The second-order valence-electron chi connectivity index (χ2n) is 8.47. The molecular formula is C26H30Cl2O4S. The van der Waals surface area contributed by atoms with Crippen molar-refractivity contribution in [2.45, 2.75) is 55.4 Å². The molecule has 4 nitrogen and oxygen atoms in total. The third kappa shape index (κ3) is 6.06. The first-order valence-electron chi connectivity index (χ1n) is 11.2. The summed E-state index contributed by atoms with van der Waals surface area (Å²) in [4.78, 5) is 27.0. The first-order chi connectivity index (χ1) is 15.8. The van der Waals surface area contributed by atoms with Gasteiger partial charge in [-0.15, -0.1) is 11.8 Å². The van der Waals surface area contributed by atoms with Crippen LogP contribution in [0.2, 0.25) is 10.0 Å². The Labute approximate surface area is 210 Å². The molecule has 1 fully saturated rings. The molecule has 0 heterocycles. The number of Topliss-reactive ketones (excluding diaryl/α,β-unsaturated/α-hetero) is 1. The molecule has 7 heteroatoms. The van der Waals surface area contributed by atoms with Crippen molar-refractivity contribution in [1.82, 2.24) is 0 Å². The van der Waals surface area contributed by atoms with Crippen LogP contribution in [0.5, 0.6) is 5.75 Å². The predicted octanol–water partition coefficient (Wildman–Crippen LogP) is 7.10. The van der Waals surface area contributed by atoms with Crippen molar-refractivity contribution in [2.24, 2.45) is 5.92 Å². The number of esters is 1. The Balaban J connectivity index is 1.94. The molecule has 0 radical (unpaired) electrons. The van der Waals surface area contributed by atoms with E-state index >= 15 is 0 Å². The Morgan fingerprint density at radius 1 is 1.09 bits per heavy atom. The van der Waals surface area contributed by atoms with Crippen LogP contribution < -0.4 is 4.74 Å². The highest BCUT2D eigenvalue weighted by atomic mass is 35.5. The summed E-state index contributed by atoms with van der Waals surface area (Å²) in [6, 6.07) is 12.7. The fourth-order valence-electron chi connectivity index (χ4n) is 4.45. The van der Waals surface area contributed by atoms with Gasteiger partial charge in [-0.2, -0.15) is 0 Å². The van der Waals surface area contributed by atoms with Gasteiger partial charge in [0.25, 0.3) is 0 Å². The standard InChI is InChI=1S/C26H30Cl2O4S/c1-4-17-11-13-26(14-12-17,33-16-18-5-8-20(31-2)9-6-18)24(29)23(25(30)32-3)21-10-7-19(27)15-22(21)28/h5-10,15,17,23H,4,11-14,16H2,1-3H3. The molecule has 2 aromatic carbocycles. The number of thioether (sulfide) groups is 1. The normalized spacial score (nSPS) is 21.3. The van der Waals surface area contributed by atoms with Crippen molar-refractivity contribution in [3.8, 4) is 5.75 Å². The minimum Gasteiger partial charge on any atom is -0.497 e. The van der Waals surface area contributed by atoms with Crippen LogP contribution in [0.4, 0.5) is 0 Å². The van der Waals surface area contributed by atoms with Gasteiger partial charge in [0.15, 0.2) is 5.78 Å². The lowest BCUT2D eigenvalue weighted by atomic mass is 9.74. The van der Waals surface area contributed by atoms with Gasteiger partial charge in [0.2, 0.25) is 0 Å². The molecule has 3 rings (SSSR count). The molecule has 0 bridgehead atoms. The van der Waals surface area contributed by atoms with Crippen molar-refractivity contribution in [3.05, 3.63) is 63.6 Å². The van der Waals surface area contributed by atoms with Gasteiger partial charge in [0, 0.05) is 15.8 Å². The summed E-state index contributed by atoms with van der Waals surface area (Å²) < 4.78 is 9.63. The molecule has 0 amide bonds. The van der Waals surface area contributed by atoms with Crippen LogP contribution in [0.3, 0.4) is 0 Å². The number of rotatable bonds is 9. The van der Waals surface area contributed by atoms with Gasteiger partial charge >= 0.3 is 5.97 Å². The second-order valence-corrected chi connectivity index (χ2v) is 10.7. The van der Waals surface area contributed by atoms with Crippen molar-refractivity contribution < 1.29 is 19.1 Å². The van der Waals surface area contributed by atoms with Crippen LogP contribution in [0.15, 0.2) is 42.5 Å². The Morgan fingerprint density at radius 3 is 2.30 bits per heavy atom. The molecule has 1 atom stereocenters. The summed E-state index contributed by atoms with van der Waals surface area (Å²) >= 11 is 14.1. The molecule has 0 spiro atoms. The molecular weight excluding hydrogens is 479 g/mol. The first-order valence-corrected chi connectivity index (χ1v) is 12.9. The molecule has 33 heavy (non-hydrogen) atoms. The summed E-state index contributed by atoms with van der Waals surface area (Å²) in [5.74, 6) is 0.248. The monoisotopic (exact) mass is 508 g/mol. The molecule has 0 N–H and O–H groups in total. The summed E-state index contributed by atoms with van der Waals surface area (Å²) in [6.45, 7) is 2.19. The van der Waals surface area contributed by atoms with E-state index in [9.17, 15) is 9.59 Å². The average molecular weight is 509 g/mol. The maximum Gasteiger partial charge on any atom is 0.320 e. The second kappa shape index (κ2) is 11.6. The van der Waals surface area contributed by atoms with Crippen LogP contribution in [0, 0.1) is 5.92 Å². The Kier molecular flexibility index (Phi) is 9.14. The zero-order valence-corrected chi connectivity index (χ0v) is 21.6. The van der Waals surface area contributed by atoms with Crippen LogP contribution in [-0.4, -0.2) is 30.7 Å². The van der Waals surface area contributed by atoms with Crippen LogP contribution in [-0.2, 0) is 20.1 Å². The maximum atomic E-state index is 14.1. The van der Waals surface area contributed by atoms with E-state index in [2.05, 4.69) is 6.92 Å².